The van der Waals surface area contributed by atoms with Gasteiger partial charge < -0.3 is 4.90 Å². The fourth-order valence-corrected chi connectivity index (χ4v) is 7.86. The maximum absolute atomic E-state index is 2.62. The SMILES string of the molecule is Cc1ccc(C(=CC=Cc2ccc(N3c4ccc(C=C(c5ccccc5)c5ccccc5)cc4C4CCCC43)cc2)c2ccc(C)cc2)cc1. The number of hydrogen-bond donors (Lipinski definition) is 0. The van der Waals surface area contributed by atoms with Gasteiger partial charge >= 0.3 is 0 Å². The second-order valence-corrected chi connectivity index (χ2v) is 13.8. The first-order chi connectivity index (χ1) is 24.6. The maximum atomic E-state index is 2.62. The second kappa shape index (κ2) is 14.1. The molecular weight excluding hydrogens is 603 g/mol. The average molecular weight is 646 g/mol. The highest BCUT2D eigenvalue weighted by atomic mass is 15.2. The first kappa shape index (κ1) is 31.6. The third-order valence-corrected chi connectivity index (χ3v) is 10.5. The van der Waals surface area contributed by atoms with E-state index in [1.54, 1.807) is 0 Å². The predicted molar refractivity (Wildman–Crippen MR) is 214 cm³/mol. The Morgan fingerprint density at radius 2 is 1.12 bits per heavy atom. The van der Waals surface area contributed by atoms with E-state index in [4.69, 9.17) is 0 Å². The lowest BCUT2D eigenvalue weighted by Crippen LogP contribution is -2.26. The van der Waals surface area contributed by atoms with Crippen molar-refractivity contribution in [2.45, 2.75) is 45.1 Å². The number of allylic oxidation sites excluding steroid dienone is 2. The summed E-state index contributed by atoms with van der Waals surface area (Å²) in [5.74, 6) is 0.571. The summed E-state index contributed by atoms with van der Waals surface area (Å²) in [6.07, 6.45) is 12.8. The Bertz CT molecular complexity index is 2080. The quantitative estimate of drug-likeness (QED) is 0.118. The number of anilines is 2. The number of aryl methyl sites for hydroxylation is 2. The molecule has 0 N–H and O–H groups in total. The van der Waals surface area contributed by atoms with Crippen LogP contribution >= 0.6 is 0 Å². The van der Waals surface area contributed by atoms with Crippen molar-refractivity contribution < 1.29 is 0 Å². The molecule has 1 nitrogen and oxygen atoms in total. The lowest BCUT2D eigenvalue weighted by Gasteiger charge is -2.27. The van der Waals surface area contributed by atoms with Gasteiger partial charge in [0.15, 0.2) is 0 Å². The normalized spacial score (nSPS) is 16.2. The monoisotopic (exact) mass is 645 g/mol. The molecule has 8 rings (SSSR count). The van der Waals surface area contributed by atoms with Crippen LogP contribution in [0.3, 0.4) is 0 Å². The lowest BCUT2D eigenvalue weighted by molar-refractivity contribution is 0.642. The molecule has 0 spiro atoms. The molecule has 0 bridgehead atoms. The predicted octanol–water partition coefficient (Wildman–Crippen LogP) is 12.8. The Labute approximate surface area is 297 Å². The van der Waals surface area contributed by atoms with Gasteiger partial charge in [-0.25, -0.2) is 0 Å². The van der Waals surface area contributed by atoms with Gasteiger partial charge in [0.05, 0.1) is 0 Å². The van der Waals surface area contributed by atoms with E-state index >= 15 is 0 Å². The van der Waals surface area contributed by atoms with E-state index in [1.165, 1.54) is 91.9 Å². The highest BCUT2D eigenvalue weighted by molar-refractivity contribution is 5.92. The zero-order valence-corrected chi connectivity index (χ0v) is 29.0. The fraction of sp³-hybridized carbons (Fsp3) is 0.143. The van der Waals surface area contributed by atoms with E-state index in [0.29, 0.717) is 12.0 Å². The largest absolute Gasteiger partial charge is 0.338 e. The van der Waals surface area contributed by atoms with Crippen LogP contribution in [-0.4, -0.2) is 6.04 Å². The van der Waals surface area contributed by atoms with Gasteiger partial charge in [0.25, 0.3) is 0 Å². The summed E-state index contributed by atoms with van der Waals surface area (Å²) in [5.41, 5.74) is 16.6. The van der Waals surface area contributed by atoms with Crippen LogP contribution in [0.4, 0.5) is 11.4 Å². The molecular formula is C49H43N. The molecule has 2 unspecified atom stereocenters. The summed E-state index contributed by atoms with van der Waals surface area (Å²) in [6.45, 7) is 4.28. The van der Waals surface area contributed by atoms with Crippen LogP contribution in [0.2, 0.25) is 0 Å². The summed E-state index contributed by atoms with van der Waals surface area (Å²) in [6, 6.07) is 56.0. The van der Waals surface area contributed by atoms with Gasteiger partial charge in [0.2, 0.25) is 0 Å². The lowest BCUT2D eigenvalue weighted by atomic mass is 9.93. The van der Waals surface area contributed by atoms with Gasteiger partial charge in [0, 0.05) is 23.3 Å². The van der Waals surface area contributed by atoms with Crippen LogP contribution in [0, 0.1) is 13.8 Å². The molecule has 1 aliphatic carbocycles. The average Bonchev–Trinajstić information content (AvgIpc) is 3.76. The molecule has 1 heterocycles. The number of hydrogen-bond acceptors (Lipinski definition) is 1. The molecule has 2 aliphatic rings. The first-order valence-corrected chi connectivity index (χ1v) is 18.0. The third kappa shape index (κ3) is 6.52. The summed E-state index contributed by atoms with van der Waals surface area (Å²) in [7, 11) is 0. The van der Waals surface area contributed by atoms with Gasteiger partial charge in [-0.1, -0.05) is 163 Å². The van der Waals surface area contributed by atoms with Crippen molar-refractivity contribution in [2.75, 3.05) is 4.90 Å². The molecule has 0 radical (unpaired) electrons. The second-order valence-electron chi connectivity index (χ2n) is 13.8. The molecule has 0 amide bonds. The van der Waals surface area contributed by atoms with Gasteiger partial charge in [-0.3, -0.25) is 0 Å². The molecule has 0 saturated heterocycles. The van der Waals surface area contributed by atoms with E-state index in [0.717, 1.165) is 0 Å². The van der Waals surface area contributed by atoms with Crippen LogP contribution in [0.15, 0.2) is 164 Å². The Morgan fingerprint density at radius 3 is 1.72 bits per heavy atom. The molecule has 0 aromatic heterocycles. The van der Waals surface area contributed by atoms with Gasteiger partial charge in [-0.15, -0.1) is 0 Å². The number of benzene rings is 6. The molecule has 2 atom stereocenters. The number of fused-ring (bicyclic) bond motifs is 3. The zero-order valence-electron chi connectivity index (χ0n) is 29.0. The van der Waals surface area contributed by atoms with Gasteiger partial charge in [-0.05, 0) is 107 Å². The topological polar surface area (TPSA) is 3.24 Å². The fourth-order valence-electron chi connectivity index (χ4n) is 7.86. The van der Waals surface area contributed by atoms with E-state index in [-0.39, 0.29) is 0 Å². The summed E-state index contributed by atoms with van der Waals surface area (Å²) in [4.78, 5) is 2.62. The Morgan fingerprint density at radius 1 is 0.560 bits per heavy atom. The van der Waals surface area contributed by atoms with Crippen molar-refractivity contribution >= 4 is 34.7 Å². The molecule has 1 heteroatoms. The van der Waals surface area contributed by atoms with Crippen LogP contribution in [-0.2, 0) is 0 Å². The minimum atomic E-state index is 0.517. The zero-order chi connectivity index (χ0) is 33.9. The minimum Gasteiger partial charge on any atom is -0.338 e. The molecule has 6 aromatic carbocycles. The Kier molecular flexibility index (Phi) is 8.88. The smallest absolute Gasteiger partial charge is 0.0450 e. The summed E-state index contributed by atoms with van der Waals surface area (Å²) in [5, 5.41) is 0. The molecule has 1 fully saturated rings. The van der Waals surface area contributed by atoms with Crippen molar-refractivity contribution in [1.82, 2.24) is 0 Å². The highest BCUT2D eigenvalue weighted by Gasteiger charge is 2.42. The molecule has 6 aromatic rings. The maximum Gasteiger partial charge on any atom is 0.0450 e. The van der Waals surface area contributed by atoms with Crippen LogP contribution < -0.4 is 4.90 Å². The molecule has 244 valence electrons. The number of nitrogens with zero attached hydrogens (tertiary/aromatic N) is 1. The number of rotatable bonds is 8. The van der Waals surface area contributed by atoms with E-state index in [9.17, 15) is 0 Å². The van der Waals surface area contributed by atoms with Crippen molar-refractivity contribution in [1.29, 1.82) is 0 Å². The standard InChI is InChI=1S/C49H43N/c1-35-19-26-41(27-20-35)44(42-28-21-36(2)22-29-42)16-9-11-37-23-30-43(31-24-37)50-48-18-10-17-45(48)47-34-38(25-32-49(47)50)33-46(39-12-5-3-6-13-39)40-14-7-4-8-15-40/h3-9,11-16,19-34,45,48H,10,17-18H2,1-2H3. The van der Waals surface area contributed by atoms with E-state index in [1.807, 2.05) is 0 Å². The summed E-state index contributed by atoms with van der Waals surface area (Å²) >= 11 is 0. The summed E-state index contributed by atoms with van der Waals surface area (Å²) < 4.78 is 0. The van der Waals surface area contributed by atoms with Crippen molar-refractivity contribution in [3.63, 3.8) is 0 Å². The molecule has 1 saturated carbocycles. The van der Waals surface area contributed by atoms with E-state index < -0.39 is 0 Å². The molecule has 50 heavy (non-hydrogen) atoms. The van der Waals surface area contributed by atoms with Crippen LogP contribution in [0.1, 0.15) is 75.3 Å². The Balaban J connectivity index is 1.08. The first-order valence-electron chi connectivity index (χ1n) is 18.0. The van der Waals surface area contributed by atoms with Crippen molar-refractivity contribution in [3.8, 4) is 0 Å². The molecule has 1 aliphatic heterocycles. The Hall–Kier alpha value is -5.66. The van der Waals surface area contributed by atoms with Gasteiger partial charge in [-0.2, -0.15) is 0 Å². The third-order valence-electron chi connectivity index (χ3n) is 10.5. The van der Waals surface area contributed by atoms with Crippen LogP contribution in [0.5, 0.6) is 0 Å². The van der Waals surface area contributed by atoms with E-state index in [2.05, 4.69) is 195 Å². The van der Waals surface area contributed by atoms with Crippen molar-refractivity contribution in [2.24, 2.45) is 0 Å². The van der Waals surface area contributed by atoms with Crippen LogP contribution in [0.25, 0.3) is 23.3 Å². The van der Waals surface area contributed by atoms with Crippen molar-refractivity contribution in [3.05, 3.63) is 214 Å². The minimum absolute atomic E-state index is 0.517. The van der Waals surface area contributed by atoms with Gasteiger partial charge in [0.1, 0.15) is 0 Å². The highest BCUT2D eigenvalue weighted by Crippen LogP contribution is 2.52.